The second kappa shape index (κ2) is 10.8. The largest absolute Gasteiger partial charge is 0.378 e. The Labute approximate surface area is 190 Å². The van der Waals surface area contributed by atoms with E-state index in [0.717, 1.165) is 58.2 Å². The van der Waals surface area contributed by atoms with Gasteiger partial charge in [-0.05, 0) is 42.9 Å². The maximum Gasteiger partial charge on any atom is 0.223 e. The third kappa shape index (κ3) is 5.78. The van der Waals surface area contributed by atoms with Crippen LogP contribution in [0.15, 0.2) is 48.5 Å². The van der Waals surface area contributed by atoms with Gasteiger partial charge in [-0.1, -0.05) is 18.2 Å². The van der Waals surface area contributed by atoms with Crippen LogP contribution in [0, 0.1) is 5.82 Å². The highest BCUT2D eigenvalue weighted by Crippen LogP contribution is 2.23. The summed E-state index contributed by atoms with van der Waals surface area (Å²) in [4.78, 5) is 21.5. The first-order valence-corrected chi connectivity index (χ1v) is 11.5. The molecule has 7 heteroatoms. The van der Waals surface area contributed by atoms with Gasteiger partial charge in [0.15, 0.2) is 0 Å². The average molecular weight is 441 g/mol. The van der Waals surface area contributed by atoms with Gasteiger partial charge < -0.3 is 24.3 Å². The number of anilines is 2. The van der Waals surface area contributed by atoms with Crippen molar-refractivity contribution in [2.75, 3.05) is 75.9 Å². The molecule has 0 saturated carbocycles. The predicted molar refractivity (Wildman–Crippen MR) is 126 cm³/mol. The Morgan fingerprint density at radius 1 is 0.938 bits per heavy atom. The quantitative estimate of drug-likeness (QED) is 0.662. The zero-order valence-corrected chi connectivity index (χ0v) is 18.9. The number of hydrogen-bond acceptors (Lipinski definition) is 5. The van der Waals surface area contributed by atoms with Crippen molar-refractivity contribution in [2.24, 2.45) is 0 Å². The molecule has 4 rings (SSSR count). The standard InChI is InChI=1S/C25H33FN4O2/c1-27(20-21-4-2-3-5-24(21)29-16-18-32-19-17-29)11-10-25(31)30-14-12-28(13-15-30)23-8-6-22(26)7-9-23/h2-9H,10-20H2,1H3. The monoisotopic (exact) mass is 440 g/mol. The fraction of sp³-hybridized carbons (Fsp3) is 0.480. The SMILES string of the molecule is CN(CCC(=O)N1CCN(c2ccc(F)cc2)CC1)Cc1ccccc1N1CCOCC1. The summed E-state index contributed by atoms with van der Waals surface area (Å²) < 4.78 is 18.6. The molecule has 2 heterocycles. The zero-order valence-electron chi connectivity index (χ0n) is 18.9. The average Bonchev–Trinajstić information content (AvgIpc) is 2.84. The molecule has 0 atom stereocenters. The number of ether oxygens (including phenoxy) is 1. The Kier molecular flexibility index (Phi) is 7.60. The number of piperazine rings is 1. The van der Waals surface area contributed by atoms with Crippen molar-refractivity contribution in [3.8, 4) is 0 Å². The van der Waals surface area contributed by atoms with Gasteiger partial charge in [0, 0.05) is 70.2 Å². The van der Waals surface area contributed by atoms with E-state index >= 15 is 0 Å². The minimum Gasteiger partial charge on any atom is -0.378 e. The topological polar surface area (TPSA) is 39.3 Å². The van der Waals surface area contributed by atoms with Crippen molar-refractivity contribution < 1.29 is 13.9 Å². The molecule has 0 unspecified atom stereocenters. The molecular formula is C25H33FN4O2. The third-order valence-corrected chi connectivity index (χ3v) is 6.32. The number of nitrogens with zero attached hydrogens (tertiary/aromatic N) is 4. The number of para-hydroxylation sites is 1. The second-order valence-electron chi connectivity index (χ2n) is 8.56. The zero-order chi connectivity index (χ0) is 22.3. The molecule has 2 aromatic carbocycles. The lowest BCUT2D eigenvalue weighted by Gasteiger charge is -2.36. The van der Waals surface area contributed by atoms with Gasteiger partial charge in [-0.2, -0.15) is 0 Å². The highest BCUT2D eigenvalue weighted by atomic mass is 19.1. The van der Waals surface area contributed by atoms with E-state index in [1.165, 1.54) is 23.4 Å². The summed E-state index contributed by atoms with van der Waals surface area (Å²) in [5.74, 6) is -0.0173. The molecule has 0 aromatic heterocycles. The van der Waals surface area contributed by atoms with Crippen LogP contribution in [0.3, 0.4) is 0 Å². The van der Waals surface area contributed by atoms with Crippen LogP contribution in [-0.4, -0.2) is 81.8 Å². The maximum atomic E-state index is 13.1. The van der Waals surface area contributed by atoms with Crippen LogP contribution in [0.1, 0.15) is 12.0 Å². The summed E-state index contributed by atoms with van der Waals surface area (Å²) in [6, 6.07) is 15.1. The molecule has 2 aliphatic rings. The lowest BCUT2D eigenvalue weighted by molar-refractivity contribution is -0.131. The minimum atomic E-state index is -0.223. The van der Waals surface area contributed by atoms with Gasteiger partial charge in [0.1, 0.15) is 5.82 Å². The summed E-state index contributed by atoms with van der Waals surface area (Å²) in [6.45, 7) is 7.90. The molecule has 172 valence electrons. The van der Waals surface area contributed by atoms with Gasteiger partial charge >= 0.3 is 0 Å². The molecule has 2 saturated heterocycles. The van der Waals surface area contributed by atoms with Crippen LogP contribution in [0.2, 0.25) is 0 Å². The number of benzene rings is 2. The first-order valence-electron chi connectivity index (χ1n) is 11.5. The molecule has 2 fully saturated rings. The Morgan fingerprint density at radius 3 is 2.34 bits per heavy atom. The number of carbonyl (C=O) groups excluding carboxylic acids is 1. The molecule has 0 radical (unpaired) electrons. The molecule has 1 amide bonds. The normalized spacial score (nSPS) is 17.2. The molecule has 0 aliphatic carbocycles. The Balaban J connectivity index is 1.24. The number of amides is 1. The van der Waals surface area contributed by atoms with Crippen LogP contribution in [0.25, 0.3) is 0 Å². The third-order valence-electron chi connectivity index (χ3n) is 6.32. The van der Waals surface area contributed by atoms with Gasteiger partial charge in [0.2, 0.25) is 5.91 Å². The van der Waals surface area contributed by atoms with Gasteiger partial charge in [-0.25, -0.2) is 4.39 Å². The van der Waals surface area contributed by atoms with Crippen LogP contribution < -0.4 is 9.80 Å². The van der Waals surface area contributed by atoms with E-state index in [0.29, 0.717) is 19.5 Å². The lowest BCUT2D eigenvalue weighted by Crippen LogP contribution is -2.49. The van der Waals surface area contributed by atoms with E-state index in [-0.39, 0.29) is 11.7 Å². The number of morpholine rings is 1. The van der Waals surface area contributed by atoms with E-state index in [9.17, 15) is 9.18 Å². The van der Waals surface area contributed by atoms with Gasteiger partial charge in [0.25, 0.3) is 0 Å². The second-order valence-corrected chi connectivity index (χ2v) is 8.56. The van der Waals surface area contributed by atoms with Gasteiger partial charge in [-0.15, -0.1) is 0 Å². The Hall–Kier alpha value is -2.64. The summed E-state index contributed by atoms with van der Waals surface area (Å²) >= 11 is 0. The Bertz CT molecular complexity index is 878. The molecule has 6 nitrogen and oxygen atoms in total. The molecular weight excluding hydrogens is 407 g/mol. The van der Waals surface area contributed by atoms with E-state index < -0.39 is 0 Å². The predicted octanol–water partition coefficient (Wildman–Crippen LogP) is 2.83. The highest BCUT2D eigenvalue weighted by Gasteiger charge is 2.22. The van der Waals surface area contributed by atoms with Crippen molar-refractivity contribution in [3.05, 3.63) is 59.9 Å². The van der Waals surface area contributed by atoms with Crippen molar-refractivity contribution in [1.29, 1.82) is 0 Å². The summed E-state index contributed by atoms with van der Waals surface area (Å²) in [6.07, 6.45) is 0.521. The van der Waals surface area contributed by atoms with Crippen molar-refractivity contribution in [2.45, 2.75) is 13.0 Å². The van der Waals surface area contributed by atoms with E-state index in [1.54, 1.807) is 12.1 Å². The van der Waals surface area contributed by atoms with Crippen LogP contribution in [0.4, 0.5) is 15.8 Å². The minimum absolute atomic E-state index is 0.206. The van der Waals surface area contributed by atoms with Gasteiger partial charge in [0.05, 0.1) is 13.2 Å². The summed E-state index contributed by atoms with van der Waals surface area (Å²) in [5.41, 5.74) is 3.57. The van der Waals surface area contributed by atoms with E-state index in [1.807, 2.05) is 4.90 Å². The Morgan fingerprint density at radius 2 is 1.62 bits per heavy atom. The first-order chi connectivity index (χ1) is 15.6. The van der Waals surface area contributed by atoms with Crippen molar-refractivity contribution in [3.63, 3.8) is 0 Å². The van der Waals surface area contributed by atoms with Crippen LogP contribution in [-0.2, 0) is 16.1 Å². The van der Waals surface area contributed by atoms with Crippen molar-refractivity contribution >= 4 is 17.3 Å². The maximum absolute atomic E-state index is 13.1. The fourth-order valence-corrected chi connectivity index (χ4v) is 4.44. The molecule has 0 bridgehead atoms. The molecule has 2 aliphatic heterocycles. The first kappa shape index (κ1) is 22.6. The molecule has 0 spiro atoms. The summed E-state index contributed by atoms with van der Waals surface area (Å²) in [7, 11) is 2.08. The number of hydrogen-bond donors (Lipinski definition) is 0. The number of carbonyl (C=O) groups is 1. The molecule has 32 heavy (non-hydrogen) atoms. The van der Waals surface area contributed by atoms with Crippen LogP contribution >= 0.6 is 0 Å². The van der Waals surface area contributed by atoms with Crippen molar-refractivity contribution in [1.82, 2.24) is 9.80 Å². The van der Waals surface area contributed by atoms with E-state index in [4.69, 9.17) is 4.74 Å². The lowest BCUT2D eigenvalue weighted by atomic mass is 10.1. The fourth-order valence-electron chi connectivity index (χ4n) is 4.44. The van der Waals surface area contributed by atoms with E-state index in [2.05, 4.69) is 46.0 Å². The van der Waals surface area contributed by atoms with Crippen LogP contribution in [0.5, 0.6) is 0 Å². The number of halogens is 1. The smallest absolute Gasteiger partial charge is 0.223 e. The highest BCUT2D eigenvalue weighted by molar-refractivity contribution is 5.76. The summed E-state index contributed by atoms with van der Waals surface area (Å²) in [5, 5.41) is 0. The molecule has 2 aromatic rings. The molecule has 0 N–H and O–H groups in total. The number of rotatable bonds is 7. The van der Waals surface area contributed by atoms with Gasteiger partial charge in [-0.3, -0.25) is 4.79 Å².